The molecule has 1 amide bonds. The number of nitrogens with two attached hydrogens (primary N) is 1. The Morgan fingerprint density at radius 2 is 1.46 bits per heavy atom. The lowest BCUT2D eigenvalue weighted by Crippen LogP contribution is -2.12. The van der Waals surface area contributed by atoms with E-state index in [1.807, 2.05) is 109 Å². The largest absolute Gasteiger partial charge is 0.455 e. The van der Waals surface area contributed by atoms with Crippen LogP contribution in [0.5, 0.6) is 22.3 Å². The number of hydrogen-bond donors (Lipinski definition) is 2. The highest BCUT2D eigenvalue weighted by Crippen LogP contribution is 2.50. The number of rotatable bonds is 9. The molecule has 1 heterocycles. The van der Waals surface area contributed by atoms with Crippen molar-refractivity contribution in [3.05, 3.63) is 120 Å². The Kier molecular flexibility index (Phi) is 7.19. The summed E-state index contributed by atoms with van der Waals surface area (Å²) in [6.07, 6.45) is 0. The van der Waals surface area contributed by atoms with E-state index in [9.17, 15) is 4.79 Å². The molecule has 0 radical (unpaired) electrons. The number of carbonyl (C=O) groups is 1. The van der Waals surface area contributed by atoms with Crippen LogP contribution in [0, 0.1) is 0 Å². The van der Waals surface area contributed by atoms with Crippen LogP contribution >= 0.6 is 11.3 Å². The summed E-state index contributed by atoms with van der Waals surface area (Å²) in [6, 6.07) is 33.3. The van der Waals surface area contributed by atoms with Crippen LogP contribution in [0.2, 0.25) is 0 Å². The lowest BCUT2D eigenvalue weighted by atomic mass is 10.1. The maximum Gasteiger partial charge on any atom is 0.251 e. The van der Waals surface area contributed by atoms with Gasteiger partial charge in [0.1, 0.15) is 17.1 Å². The minimum atomic E-state index is -0.692. The number of anilines is 2. The lowest BCUT2D eigenvalue weighted by molar-refractivity contribution is 0.100. The molecule has 5 aromatic rings. The van der Waals surface area contributed by atoms with Crippen molar-refractivity contribution in [1.82, 2.24) is 0 Å². The number of para-hydroxylation sites is 2. The molecule has 0 saturated heterocycles. The van der Waals surface area contributed by atoms with Gasteiger partial charge in [0.25, 0.3) is 5.91 Å². The second-order valence-corrected chi connectivity index (χ2v) is 8.73. The molecule has 4 aromatic carbocycles. The van der Waals surface area contributed by atoms with Gasteiger partial charge in [-0.3, -0.25) is 4.79 Å². The van der Waals surface area contributed by atoms with Crippen molar-refractivity contribution < 1.29 is 14.3 Å². The zero-order valence-electron chi connectivity index (χ0n) is 19.6. The van der Waals surface area contributed by atoms with Crippen LogP contribution in [-0.4, -0.2) is 5.91 Å². The molecule has 37 heavy (non-hydrogen) atoms. The van der Waals surface area contributed by atoms with Crippen LogP contribution in [-0.2, 0) is 0 Å². The summed E-state index contributed by atoms with van der Waals surface area (Å²) in [7, 11) is 0. The van der Waals surface area contributed by atoms with E-state index in [2.05, 4.69) is 15.5 Å². The second kappa shape index (κ2) is 11.2. The molecule has 0 atom stereocenters. The number of nitrogens with one attached hydrogen (secondary N) is 1. The van der Waals surface area contributed by atoms with Gasteiger partial charge in [-0.1, -0.05) is 54.6 Å². The monoisotopic (exact) mass is 506 g/mol. The standard InChI is InChI=1S/C29H22N4O3S/c30-29(34)23-19-24(35-22-15-8-3-9-16-22)27(31-20-11-4-1-5-12-20)28(36-25-17-10-18-37-25)26(23)33-32-21-13-6-2-7-14-21/h1-19,31H,(H2,30,34). The summed E-state index contributed by atoms with van der Waals surface area (Å²) in [4.78, 5) is 12.7. The highest BCUT2D eigenvalue weighted by molar-refractivity contribution is 7.11. The second-order valence-electron chi connectivity index (χ2n) is 7.82. The highest BCUT2D eigenvalue weighted by Gasteiger charge is 2.25. The number of amides is 1. The molecule has 0 spiro atoms. The Morgan fingerprint density at radius 1 is 0.784 bits per heavy atom. The van der Waals surface area contributed by atoms with Gasteiger partial charge in [0, 0.05) is 5.69 Å². The molecule has 0 aliphatic rings. The van der Waals surface area contributed by atoms with Crippen LogP contribution in [0.15, 0.2) is 125 Å². The SMILES string of the molecule is NC(=O)c1cc(Oc2ccccc2)c(Nc2ccccc2)c(Oc2cccs2)c1N=Nc1ccccc1. The van der Waals surface area contributed by atoms with Crippen molar-refractivity contribution in [2.45, 2.75) is 0 Å². The Bertz CT molecular complexity index is 1510. The molecular formula is C29H22N4O3S. The maximum atomic E-state index is 12.7. The van der Waals surface area contributed by atoms with Crippen LogP contribution in [0.3, 0.4) is 0 Å². The molecule has 0 fully saturated rings. The molecule has 182 valence electrons. The van der Waals surface area contributed by atoms with Crippen LogP contribution in [0.1, 0.15) is 10.4 Å². The third-order valence-corrected chi connectivity index (χ3v) is 5.96. The summed E-state index contributed by atoms with van der Waals surface area (Å²) < 4.78 is 12.6. The summed E-state index contributed by atoms with van der Waals surface area (Å²) in [6.45, 7) is 0. The van der Waals surface area contributed by atoms with Crippen molar-refractivity contribution in [1.29, 1.82) is 0 Å². The molecule has 0 saturated carbocycles. The van der Waals surface area contributed by atoms with Crippen molar-refractivity contribution in [3.8, 4) is 22.3 Å². The van der Waals surface area contributed by atoms with Gasteiger partial charge in [0.15, 0.2) is 16.6 Å². The van der Waals surface area contributed by atoms with E-state index in [1.165, 1.54) is 11.3 Å². The van der Waals surface area contributed by atoms with Crippen LogP contribution < -0.4 is 20.5 Å². The van der Waals surface area contributed by atoms with E-state index in [1.54, 1.807) is 6.07 Å². The van der Waals surface area contributed by atoms with E-state index >= 15 is 0 Å². The zero-order chi connectivity index (χ0) is 25.5. The first-order valence-corrected chi connectivity index (χ1v) is 12.3. The molecule has 8 heteroatoms. The quantitative estimate of drug-likeness (QED) is 0.196. The molecule has 7 nitrogen and oxygen atoms in total. The number of carbonyl (C=O) groups excluding carboxylic acids is 1. The van der Waals surface area contributed by atoms with Gasteiger partial charge in [-0.15, -0.1) is 16.5 Å². The first kappa shape index (κ1) is 23.8. The number of thiophene rings is 1. The van der Waals surface area contributed by atoms with Gasteiger partial charge < -0.3 is 20.5 Å². The minimum absolute atomic E-state index is 0.107. The lowest BCUT2D eigenvalue weighted by Gasteiger charge is -2.20. The third-order valence-electron chi connectivity index (χ3n) is 5.22. The van der Waals surface area contributed by atoms with Crippen molar-refractivity contribution in [2.75, 3.05) is 5.32 Å². The first-order valence-electron chi connectivity index (χ1n) is 11.4. The average molecular weight is 507 g/mol. The summed E-state index contributed by atoms with van der Waals surface area (Å²) in [5.41, 5.74) is 7.98. The Hall–Kier alpha value is -4.95. The number of hydrogen-bond acceptors (Lipinski definition) is 7. The normalized spacial score (nSPS) is 10.8. The molecule has 0 aliphatic carbocycles. The fourth-order valence-corrected chi connectivity index (χ4v) is 4.10. The van der Waals surface area contributed by atoms with Crippen molar-refractivity contribution >= 4 is 40.0 Å². The fraction of sp³-hybridized carbons (Fsp3) is 0. The Labute approximate surface area is 217 Å². The minimum Gasteiger partial charge on any atom is -0.455 e. The first-order chi connectivity index (χ1) is 18.2. The molecule has 1 aromatic heterocycles. The fourth-order valence-electron chi connectivity index (χ4n) is 3.52. The topological polar surface area (TPSA) is 98.3 Å². The van der Waals surface area contributed by atoms with Gasteiger partial charge >= 0.3 is 0 Å². The Balaban J connectivity index is 1.73. The van der Waals surface area contributed by atoms with E-state index in [4.69, 9.17) is 15.2 Å². The van der Waals surface area contributed by atoms with Gasteiger partial charge in [-0.05, 0) is 60.0 Å². The smallest absolute Gasteiger partial charge is 0.251 e. The van der Waals surface area contributed by atoms with Crippen LogP contribution in [0.4, 0.5) is 22.7 Å². The zero-order valence-corrected chi connectivity index (χ0v) is 20.4. The van der Waals surface area contributed by atoms with Crippen molar-refractivity contribution in [2.24, 2.45) is 16.0 Å². The molecule has 3 N–H and O–H groups in total. The average Bonchev–Trinajstić information content (AvgIpc) is 3.44. The molecule has 0 aliphatic heterocycles. The van der Waals surface area contributed by atoms with Gasteiger partial charge in [0.2, 0.25) is 0 Å². The third kappa shape index (κ3) is 5.83. The molecule has 0 bridgehead atoms. The number of primary amides is 1. The predicted molar refractivity (Wildman–Crippen MR) is 146 cm³/mol. The van der Waals surface area contributed by atoms with E-state index < -0.39 is 5.91 Å². The number of azo groups is 1. The molecule has 0 unspecified atom stereocenters. The number of benzene rings is 4. The van der Waals surface area contributed by atoms with Gasteiger partial charge in [-0.25, -0.2) is 0 Å². The van der Waals surface area contributed by atoms with E-state index in [0.29, 0.717) is 27.9 Å². The molecule has 5 rings (SSSR count). The summed E-state index contributed by atoms with van der Waals surface area (Å²) >= 11 is 1.40. The van der Waals surface area contributed by atoms with Crippen molar-refractivity contribution in [3.63, 3.8) is 0 Å². The predicted octanol–water partition coefficient (Wildman–Crippen LogP) is 8.59. The van der Waals surface area contributed by atoms with Crippen LogP contribution in [0.25, 0.3) is 0 Å². The van der Waals surface area contributed by atoms with E-state index in [-0.39, 0.29) is 17.0 Å². The highest BCUT2D eigenvalue weighted by atomic mass is 32.1. The van der Waals surface area contributed by atoms with Gasteiger partial charge in [0.05, 0.1) is 11.3 Å². The maximum absolute atomic E-state index is 12.7. The Morgan fingerprint density at radius 3 is 2.11 bits per heavy atom. The number of nitrogens with zero attached hydrogens (tertiary/aromatic N) is 2. The summed E-state index contributed by atoms with van der Waals surface area (Å²) in [5, 5.41) is 14.6. The van der Waals surface area contributed by atoms with Gasteiger partial charge in [-0.2, -0.15) is 5.11 Å². The summed E-state index contributed by atoms with van der Waals surface area (Å²) in [5.74, 6) is 0.485. The van der Waals surface area contributed by atoms with E-state index in [0.717, 1.165) is 5.69 Å². The number of ether oxygens (including phenoxy) is 2. The molecular weight excluding hydrogens is 484 g/mol.